The van der Waals surface area contributed by atoms with E-state index in [4.69, 9.17) is 18.9 Å². The number of fused-ring (bicyclic) bond motifs is 1. The van der Waals surface area contributed by atoms with Gasteiger partial charge in [-0.05, 0) is 6.42 Å². The molecule has 0 unspecified atom stereocenters. The van der Waals surface area contributed by atoms with E-state index in [1.807, 2.05) is 41.5 Å². The lowest BCUT2D eigenvalue weighted by Crippen LogP contribution is -2.37. The summed E-state index contributed by atoms with van der Waals surface area (Å²) in [6, 6.07) is 0. The van der Waals surface area contributed by atoms with Gasteiger partial charge in [0.15, 0.2) is 11.6 Å². The van der Waals surface area contributed by atoms with Crippen LogP contribution in [0.3, 0.4) is 0 Å². The average Bonchev–Trinajstić information content (AvgIpc) is 3.11. The molecule has 0 aromatic rings. The molecule has 0 aliphatic carbocycles. The van der Waals surface area contributed by atoms with Crippen LogP contribution < -0.4 is 0 Å². The van der Waals surface area contributed by atoms with Gasteiger partial charge in [0.2, 0.25) is 0 Å². The van der Waals surface area contributed by atoms with Crippen LogP contribution in [0.15, 0.2) is 0 Å². The fourth-order valence-corrected chi connectivity index (χ4v) is 2.69. The molecule has 2 aliphatic heterocycles. The molecule has 2 rings (SSSR count). The molecule has 0 N–H and O–H groups in total. The van der Waals surface area contributed by atoms with Crippen molar-refractivity contribution >= 4 is 11.6 Å². The van der Waals surface area contributed by atoms with Crippen LogP contribution in [0.2, 0.25) is 0 Å². The van der Waals surface area contributed by atoms with Crippen molar-refractivity contribution in [1.29, 1.82) is 0 Å². The van der Waals surface area contributed by atoms with Crippen molar-refractivity contribution in [3.05, 3.63) is 0 Å². The van der Waals surface area contributed by atoms with Crippen molar-refractivity contribution in [2.24, 2.45) is 10.8 Å². The second kappa shape index (κ2) is 7.82. The van der Waals surface area contributed by atoms with Crippen LogP contribution in [0.5, 0.6) is 0 Å². The lowest BCUT2D eigenvalue weighted by Gasteiger charge is -2.23. The Bertz CT molecular complexity index is 493. The van der Waals surface area contributed by atoms with Gasteiger partial charge < -0.3 is 18.9 Å². The van der Waals surface area contributed by atoms with Crippen LogP contribution >= 0.6 is 0 Å². The first-order valence-corrected chi connectivity index (χ1v) is 9.09. The Morgan fingerprint density at radius 1 is 0.880 bits per heavy atom. The zero-order chi connectivity index (χ0) is 18.8. The smallest absolute Gasteiger partial charge is 0.164 e. The van der Waals surface area contributed by atoms with Crippen LogP contribution in [-0.4, -0.2) is 62.4 Å². The fraction of sp³-hybridized carbons (Fsp3) is 0.895. The van der Waals surface area contributed by atoms with E-state index >= 15 is 0 Å². The summed E-state index contributed by atoms with van der Waals surface area (Å²) in [5, 5.41) is 0. The molecule has 6 heteroatoms. The van der Waals surface area contributed by atoms with Crippen LogP contribution in [-0.2, 0) is 28.5 Å². The van der Waals surface area contributed by atoms with E-state index in [9.17, 15) is 9.59 Å². The molecule has 0 bridgehead atoms. The van der Waals surface area contributed by atoms with Crippen molar-refractivity contribution in [3.63, 3.8) is 0 Å². The van der Waals surface area contributed by atoms with E-state index < -0.39 is 5.41 Å². The molecular formula is C19H32O6. The summed E-state index contributed by atoms with van der Waals surface area (Å²) in [5.41, 5.74) is -0.804. The third kappa shape index (κ3) is 4.88. The number of ether oxygens (including phenoxy) is 4. The number of ketones is 2. The molecule has 25 heavy (non-hydrogen) atoms. The Kier molecular flexibility index (Phi) is 6.41. The highest BCUT2D eigenvalue weighted by atomic mass is 16.6. The maximum absolute atomic E-state index is 12.2. The van der Waals surface area contributed by atoms with Gasteiger partial charge in [-0.3, -0.25) is 9.59 Å². The molecule has 2 saturated heterocycles. The monoisotopic (exact) mass is 356 g/mol. The Balaban J connectivity index is 1.82. The molecule has 4 atom stereocenters. The first-order chi connectivity index (χ1) is 11.6. The van der Waals surface area contributed by atoms with Crippen molar-refractivity contribution < 1.29 is 28.5 Å². The molecule has 0 aromatic carbocycles. The van der Waals surface area contributed by atoms with Gasteiger partial charge in [0.25, 0.3) is 0 Å². The third-order valence-corrected chi connectivity index (χ3v) is 5.29. The minimum Gasteiger partial charge on any atom is -0.370 e. The molecule has 0 spiro atoms. The molecule has 0 radical (unpaired) electrons. The van der Waals surface area contributed by atoms with Gasteiger partial charge in [-0.1, -0.05) is 41.5 Å². The zero-order valence-electron chi connectivity index (χ0n) is 16.3. The topological polar surface area (TPSA) is 71.1 Å². The lowest BCUT2D eigenvalue weighted by molar-refractivity contribution is -0.136. The van der Waals surface area contributed by atoms with Gasteiger partial charge in [-0.2, -0.15) is 0 Å². The fourth-order valence-electron chi connectivity index (χ4n) is 2.69. The number of carbonyl (C=O) groups is 2. The van der Waals surface area contributed by atoms with Crippen molar-refractivity contribution in [2.45, 2.75) is 72.4 Å². The largest absolute Gasteiger partial charge is 0.370 e. The summed E-state index contributed by atoms with van der Waals surface area (Å²) >= 11 is 0. The van der Waals surface area contributed by atoms with Gasteiger partial charge in [0.1, 0.15) is 37.6 Å². The van der Waals surface area contributed by atoms with Gasteiger partial charge in [-0.25, -0.2) is 0 Å². The first kappa shape index (κ1) is 20.5. The highest BCUT2D eigenvalue weighted by Crippen LogP contribution is 2.31. The zero-order valence-corrected chi connectivity index (χ0v) is 16.3. The van der Waals surface area contributed by atoms with E-state index in [1.165, 1.54) is 0 Å². The Hall–Kier alpha value is -0.820. The maximum Gasteiger partial charge on any atom is 0.164 e. The number of rotatable bonds is 8. The predicted molar refractivity (Wildman–Crippen MR) is 92.5 cm³/mol. The third-order valence-electron chi connectivity index (χ3n) is 5.29. The number of hydrogen-bond donors (Lipinski definition) is 0. The molecule has 144 valence electrons. The molecular weight excluding hydrogens is 324 g/mol. The van der Waals surface area contributed by atoms with E-state index in [0.717, 1.165) is 6.42 Å². The summed E-state index contributed by atoms with van der Waals surface area (Å²) in [6.45, 7) is 12.3. The SMILES string of the molecule is CCC(C)(C)C(=O)CO[C@@H]1CO[C@H]2[C@@H]1OC[C@@H]2OCC(=O)C(C)(C)C. The molecule has 6 nitrogen and oxygen atoms in total. The minimum atomic E-state index is -0.423. The van der Waals surface area contributed by atoms with Crippen LogP contribution in [0, 0.1) is 10.8 Å². The van der Waals surface area contributed by atoms with Crippen LogP contribution in [0.4, 0.5) is 0 Å². The van der Waals surface area contributed by atoms with E-state index in [1.54, 1.807) is 0 Å². The second-order valence-corrected chi connectivity index (χ2v) is 8.63. The quantitative estimate of drug-likeness (QED) is 0.664. The second-order valence-electron chi connectivity index (χ2n) is 8.63. The summed E-state index contributed by atoms with van der Waals surface area (Å²) in [5.74, 6) is 0.133. The average molecular weight is 356 g/mol. The number of hydrogen-bond acceptors (Lipinski definition) is 6. The molecule has 2 heterocycles. The normalized spacial score (nSPS) is 29.7. The Morgan fingerprint density at radius 3 is 1.72 bits per heavy atom. The molecule has 0 aromatic heterocycles. The van der Waals surface area contributed by atoms with Crippen LogP contribution in [0.25, 0.3) is 0 Å². The van der Waals surface area contributed by atoms with Crippen molar-refractivity contribution in [1.82, 2.24) is 0 Å². The van der Waals surface area contributed by atoms with E-state index in [2.05, 4.69) is 0 Å². The van der Waals surface area contributed by atoms with Crippen LogP contribution in [0.1, 0.15) is 48.0 Å². The van der Waals surface area contributed by atoms with Crippen molar-refractivity contribution in [2.75, 3.05) is 26.4 Å². The summed E-state index contributed by atoms with van der Waals surface area (Å²) in [4.78, 5) is 24.2. The van der Waals surface area contributed by atoms with Gasteiger partial charge >= 0.3 is 0 Å². The maximum atomic E-state index is 12.2. The Morgan fingerprint density at radius 2 is 1.32 bits per heavy atom. The highest BCUT2D eigenvalue weighted by molar-refractivity contribution is 5.85. The summed E-state index contributed by atoms with van der Waals surface area (Å²) in [7, 11) is 0. The highest BCUT2D eigenvalue weighted by Gasteiger charge is 2.49. The van der Waals surface area contributed by atoms with E-state index in [0.29, 0.717) is 13.2 Å². The molecule has 0 amide bonds. The standard InChI is InChI=1S/C19H32O6/c1-7-19(5,6)15(21)11-23-13-9-25-16-12(8-24-17(13)16)22-10-14(20)18(2,3)4/h12-13,16-17H,7-11H2,1-6H3/t12-,13+,16+,17+/m0/s1. The van der Waals surface area contributed by atoms with Gasteiger partial charge in [0.05, 0.1) is 13.2 Å². The van der Waals surface area contributed by atoms with Crippen molar-refractivity contribution in [3.8, 4) is 0 Å². The molecule has 2 aliphatic rings. The molecule has 0 saturated carbocycles. The minimum absolute atomic E-state index is 0.0501. The summed E-state index contributed by atoms with van der Waals surface area (Å²) < 4.78 is 23.0. The van der Waals surface area contributed by atoms with E-state index in [-0.39, 0.29) is 54.6 Å². The first-order valence-electron chi connectivity index (χ1n) is 9.09. The Labute approximate surface area is 150 Å². The number of Topliss-reactive ketones (excluding diaryl/α,β-unsaturated/α-hetero) is 2. The van der Waals surface area contributed by atoms with Gasteiger partial charge in [0, 0.05) is 10.8 Å². The van der Waals surface area contributed by atoms with Gasteiger partial charge in [-0.15, -0.1) is 0 Å². The lowest BCUT2D eigenvalue weighted by atomic mass is 9.86. The predicted octanol–water partition coefficient (Wildman–Crippen LogP) is 2.17. The number of carbonyl (C=O) groups excluding carboxylic acids is 2. The summed E-state index contributed by atoms with van der Waals surface area (Å²) in [6.07, 6.45) is -0.253. The molecule has 2 fully saturated rings.